The standard InChI is InChI=1S/C33H33F5O/c1-2-3-4-5-6-7-24-11-18-29(31(34)20-24)26-15-19-30-27(21-26)14-13-25(32(30)35)12-8-23-9-16-28(17-10-23)39-22-33(36,37)38/h9-11,13-21H,2-8,12,22H2,1H3. The van der Waals surface area contributed by atoms with Crippen molar-refractivity contribution < 1.29 is 26.7 Å². The van der Waals surface area contributed by atoms with Gasteiger partial charge in [0.25, 0.3) is 0 Å². The highest BCUT2D eigenvalue weighted by Crippen LogP contribution is 2.30. The summed E-state index contributed by atoms with van der Waals surface area (Å²) >= 11 is 0. The van der Waals surface area contributed by atoms with E-state index in [1.54, 1.807) is 36.4 Å². The van der Waals surface area contributed by atoms with E-state index in [0.717, 1.165) is 30.4 Å². The van der Waals surface area contributed by atoms with Gasteiger partial charge in [-0.15, -0.1) is 0 Å². The van der Waals surface area contributed by atoms with E-state index in [4.69, 9.17) is 4.74 Å². The Morgan fingerprint density at radius 3 is 2.15 bits per heavy atom. The summed E-state index contributed by atoms with van der Waals surface area (Å²) in [4.78, 5) is 0. The summed E-state index contributed by atoms with van der Waals surface area (Å²) in [7, 11) is 0. The van der Waals surface area contributed by atoms with Crippen LogP contribution in [0.3, 0.4) is 0 Å². The maximum Gasteiger partial charge on any atom is 0.422 e. The van der Waals surface area contributed by atoms with Crippen LogP contribution >= 0.6 is 0 Å². The Bertz CT molecular complexity index is 1380. The van der Waals surface area contributed by atoms with Gasteiger partial charge in [-0.1, -0.05) is 81.1 Å². The number of aryl methyl sites for hydroxylation is 3. The second-order valence-corrected chi connectivity index (χ2v) is 10.0. The third kappa shape index (κ3) is 8.04. The summed E-state index contributed by atoms with van der Waals surface area (Å²) in [6, 6.07) is 20.6. The maximum absolute atomic E-state index is 15.3. The fourth-order valence-corrected chi connectivity index (χ4v) is 4.78. The molecule has 39 heavy (non-hydrogen) atoms. The number of hydrogen-bond acceptors (Lipinski definition) is 1. The number of alkyl halides is 3. The van der Waals surface area contributed by atoms with E-state index in [1.165, 1.54) is 31.4 Å². The highest BCUT2D eigenvalue weighted by molar-refractivity contribution is 5.88. The number of fused-ring (bicyclic) bond motifs is 1. The number of hydrogen-bond donors (Lipinski definition) is 0. The van der Waals surface area contributed by atoms with E-state index < -0.39 is 12.8 Å². The summed E-state index contributed by atoms with van der Waals surface area (Å²) < 4.78 is 71.9. The highest BCUT2D eigenvalue weighted by atomic mass is 19.4. The van der Waals surface area contributed by atoms with Gasteiger partial charge in [0.2, 0.25) is 0 Å². The van der Waals surface area contributed by atoms with Crippen molar-refractivity contribution in [2.24, 2.45) is 0 Å². The van der Waals surface area contributed by atoms with Gasteiger partial charge in [-0.25, -0.2) is 8.78 Å². The van der Waals surface area contributed by atoms with Gasteiger partial charge in [0, 0.05) is 10.9 Å². The smallest absolute Gasteiger partial charge is 0.422 e. The Balaban J connectivity index is 1.40. The van der Waals surface area contributed by atoms with Crippen molar-refractivity contribution >= 4 is 10.8 Å². The van der Waals surface area contributed by atoms with Gasteiger partial charge in [0.1, 0.15) is 17.4 Å². The summed E-state index contributed by atoms with van der Waals surface area (Å²) in [5.74, 6) is -0.451. The van der Waals surface area contributed by atoms with E-state index in [-0.39, 0.29) is 17.4 Å². The predicted molar refractivity (Wildman–Crippen MR) is 147 cm³/mol. The maximum atomic E-state index is 15.3. The zero-order valence-corrected chi connectivity index (χ0v) is 22.1. The molecule has 0 saturated carbocycles. The fourth-order valence-electron chi connectivity index (χ4n) is 4.78. The van der Waals surface area contributed by atoms with E-state index in [2.05, 4.69) is 6.92 Å². The monoisotopic (exact) mass is 540 g/mol. The second kappa shape index (κ2) is 13.1. The molecule has 0 aromatic heterocycles. The van der Waals surface area contributed by atoms with Crippen molar-refractivity contribution in [3.8, 4) is 16.9 Å². The van der Waals surface area contributed by atoms with E-state index in [1.807, 2.05) is 24.3 Å². The molecule has 0 spiro atoms. The lowest BCUT2D eigenvalue weighted by Gasteiger charge is -2.11. The molecule has 0 aliphatic carbocycles. The minimum atomic E-state index is -4.39. The molecular formula is C33H33F5O. The van der Waals surface area contributed by atoms with Crippen LogP contribution < -0.4 is 4.74 Å². The van der Waals surface area contributed by atoms with Crippen LogP contribution in [0, 0.1) is 11.6 Å². The summed E-state index contributed by atoms with van der Waals surface area (Å²) in [6.45, 7) is 0.844. The summed E-state index contributed by atoms with van der Waals surface area (Å²) in [5, 5.41) is 1.16. The quantitative estimate of drug-likeness (QED) is 0.128. The molecule has 0 fully saturated rings. The van der Waals surface area contributed by atoms with Gasteiger partial charge >= 0.3 is 6.18 Å². The molecule has 206 valence electrons. The Hall–Kier alpha value is -3.41. The molecule has 0 amide bonds. The van der Waals surface area contributed by atoms with E-state index in [9.17, 15) is 17.6 Å². The SMILES string of the molecule is CCCCCCCc1ccc(-c2ccc3c(F)c(CCc4ccc(OCC(F)(F)F)cc4)ccc3c2)c(F)c1. The van der Waals surface area contributed by atoms with Gasteiger partial charge in [-0.3, -0.25) is 0 Å². The normalized spacial score (nSPS) is 11.7. The minimum absolute atomic E-state index is 0.136. The van der Waals surface area contributed by atoms with Crippen molar-refractivity contribution in [3.05, 3.63) is 101 Å². The van der Waals surface area contributed by atoms with Crippen molar-refractivity contribution in [1.29, 1.82) is 0 Å². The molecule has 0 atom stereocenters. The molecule has 6 heteroatoms. The second-order valence-electron chi connectivity index (χ2n) is 10.0. The molecule has 0 N–H and O–H groups in total. The Morgan fingerprint density at radius 1 is 0.692 bits per heavy atom. The summed E-state index contributed by atoms with van der Waals surface area (Å²) in [6.07, 6.45) is 3.28. The summed E-state index contributed by atoms with van der Waals surface area (Å²) in [5.41, 5.74) is 3.60. The molecule has 4 aromatic rings. The van der Waals surface area contributed by atoms with Crippen LogP contribution in [-0.2, 0) is 19.3 Å². The number of unbranched alkanes of at least 4 members (excludes halogenated alkanes) is 4. The van der Waals surface area contributed by atoms with E-state index in [0.29, 0.717) is 40.3 Å². The Morgan fingerprint density at radius 2 is 1.44 bits per heavy atom. The molecule has 1 nitrogen and oxygen atoms in total. The first-order valence-electron chi connectivity index (χ1n) is 13.5. The lowest BCUT2D eigenvalue weighted by atomic mass is 9.96. The van der Waals surface area contributed by atoms with Crippen LogP contribution in [0.1, 0.15) is 55.7 Å². The average molecular weight is 541 g/mol. The van der Waals surface area contributed by atoms with Gasteiger partial charge in [0.15, 0.2) is 6.61 Å². The molecule has 0 saturated heterocycles. The lowest BCUT2D eigenvalue weighted by Crippen LogP contribution is -2.19. The molecule has 0 bridgehead atoms. The van der Waals surface area contributed by atoms with Gasteiger partial charge in [-0.2, -0.15) is 13.2 Å². The first-order valence-corrected chi connectivity index (χ1v) is 13.5. The fraction of sp³-hybridized carbons (Fsp3) is 0.333. The van der Waals surface area contributed by atoms with Crippen molar-refractivity contribution in [2.45, 2.75) is 64.5 Å². The topological polar surface area (TPSA) is 9.23 Å². The van der Waals surface area contributed by atoms with Gasteiger partial charge in [0.05, 0.1) is 0 Å². The van der Waals surface area contributed by atoms with Gasteiger partial charge in [-0.05, 0) is 77.6 Å². The number of benzene rings is 4. The van der Waals surface area contributed by atoms with E-state index >= 15 is 4.39 Å². The van der Waals surface area contributed by atoms with Crippen LogP contribution in [-0.4, -0.2) is 12.8 Å². The predicted octanol–water partition coefficient (Wildman–Crippen LogP) is 10.0. The number of ether oxygens (including phenoxy) is 1. The van der Waals surface area contributed by atoms with Crippen LogP contribution in [0.15, 0.2) is 72.8 Å². The lowest BCUT2D eigenvalue weighted by molar-refractivity contribution is -0.153. The van der Waals surface area contributed by atoms with Crippen molar-refractivity contribution in [1.82, 2.24) is 0 Å². The first kappa shape index (κ1) is 28.6. The van der Waals surface area contributed by atoms with Crippen LogP contribution in [0.5, 0.6) is 5.75 Å². The third-order valence-electron chi connectivity index (χ3n) is 6.96. The van der Waals surface area contributed by atoms with Crippen LogP contribution in [0.4, 0.5) is 22.0 Å². The number of halogens is 5. The van der Waals surface area contributed by atoms with Crippen LogP contribution in [0.25, 0.3) is 21.9 Å². The van der Waals surface area contributed by atoms with Crippen molar-refractivity contribution in [2.75, 3.05) is 6.61 Å². The molecule has 0 aliphatic heterocycles. The zero-order valence-electron chi connectivity index (χ0n) is 22.1. The zero-order chi connectivity index (χ0) is 27.8. The molecular weight excluding hydrogens is 507 g/mol. The molecule has 0 heterocycles. The average Bonchev–Trinajstić information content (AvgIpc) is 2.91. The molecule has 0 unspecified atom stereocenters. The molecule has 4 rings (SSSR count). The third-order valence-corrected chi connectivity index (χ3v) is 6.96. The number of rotatable bonds is 12. The van der Waals surface area contributed by atoms with Crippen molar-refractivity contribution in [3.63, 3.8) is 0 Å². The first-order chi connectivity index (χ1) is 18.7. The Kier molecular flexibility index (Phi) is 9.60. The molecule has 4 aromatic carbocycles. The van der Waals surface area contributed by atoms with Gasteiger partial charge < -0.3 is 4.74 Å². The molecule has 0 radical (unpaired) electrons. The largest absolute Gasteiger partial charge is 0.484 e. The Labute approximate surface area is 226 Å². The highest BCUT2D eigenvalue weighted by Gasteiger charge is 2.28. The molecule has 0 aliphatic rings. The minimum Gasteiger partial charge on any atom is -0.484 e. The van der Waals surface area contributed by atoms with Crippen LogP contribution in [0.2, 0.25) is 0 Å².